The molecular weight excluding hydrogens is 415 g/mol. The van der Waals surface area contributed by atoms with Crippen molar-refractivity contribution in [3.8, 4) is 33.9 Å². The molecule has 0 unspecified atom stereocenters. The van der Waals surface area contributed by atoms with Gasteiger partial charge in [0.15, 0.2) is 0 Å². The van der Waals surface area contributed by atoms with E-state index < -0.39 is 13.3 Å². The van der Waals surface area contributed by atoms with Gasteiger partial charge >= 0.3 is 157 Å². The van der Waals surface area contributed by atoms with Crippen molar-refractivity contribution in [2.45, 2.75) is 24.2 Å². The fraction of sp³-hybridized carbons (Fsp3) is 0.160. The van der Waals surface area contributed by atoms with Crippen molar-refractivity contribution in [2.75, 3.05) is 0 Å². The molecule has 0 aliphatic rings. The Labute approximate surface area is 175 Å². The summed E-state index contributed by atoms with van der Waals surface area (Å²) in [5, 5.41) is 0. The minimum absolute atomic E-state index is 0.711. The van der Waals surface area contributed by atoms with Crippen LogP contribution >= 0.6 is 0 Å². The van der Waals surface area contributed by atoms with E-state index in [0.29, 0.717) is 5.82 Å². The third-order valence-electron chi connectivity index (χ3n) is 4.98. The molecule has 0 atom stereocenters. The zero-order chi connectivity index (χ0) is 20.4. The van der Waals surface area contributed by atoms with Crippen LogP contribution in [-0.2, 0) is 0 Å². The first kappa shape index (κ1) is 19.5. The Kier molecular flexibility index (Phi) is 5.33. The van der Waals surface area contributed by atoms with Crippen LogP contribution in [0.1, 0.15) is 5.82 Å². The van der Waals surface area contributed by atoms with Crippen LogP contribution in [0.5, 0.6) is 0 Å². The molecule has 4 aromatic rings. The summed E-state index contributed by atoms with van der Waals surface area (Å²) in [4.78, 5) is 14.0. The van der Waals surface area contributed by atoms with Gasteiger partial charge in [0, 0.05) is 0 Å². The Morgan fingerprint density at radius 1 is 0.552 bits per heavy atom. The summed E-state index contributed by atoms with van der Waals surface area (Å²) >= 11 is -1.83. The van der Waals surface area contributed by atoms with Crippen molar-refractivity contribution in [1.29, 1.82) is 0 Å². The maximum absolute atomic E-state index is 4.79. The normalized spacial score (nSPS) is 11.4. The van der Waals surface area contributed by atoms with Crippen molar-refractivity contribution in [1.82, 2.24) is 15.0 Å². The Morgan fingerprint density at radius 2 is 1.14 bits per heavy atom. The molecule has 0 saturated carbocycles. The molecule has 0 aliphatic carbocycles. The molecule has 0 amide bonds. The van der Waals surface area contributed by atoms with Crippen molar-refractivity contribution in [2.24, 2.45) is 0 Å². The van der Waals surface area contributed by atoms with Crippen LogP contribution in [0.15, 0.2) is 78.9 Å². The first-order chi connectivity index (χ1) is 13.9. The van der Waals surface area contributed by atoms with E-state index >= 15 is 0 Å². The summed E-state index contributed by atoms with van der Waals surface area (Å²) in [6.07, 6.45) is 0. The molecule has 3 aromatic carbocycles. The molecule has 0 aliphatic heterocycles. The van der Waals surface area contributed by atoms with Gasteiger partial charge in [0.05, 0.1) is 0 Å². The van der Waals surface area contributed by atoms with Gasteiger partial charge in [-0.2, -0.15) is 0 Å². The van der Waals surface area contributed by atoms with E-state index in [1.54, 1.807) is 0 Å². The molecule has 0 saturated heterocycles. The van der Waals surface area contributed by atoms with Crippen molar-refractivity contribution >= 4 is 17.7 Å². The van der Waals surface area contributed by atoms with Crippen LogP contribution in [0.4, 0.5) is 0 Å². The average molecular weight is 440 g/mol. The topological polar surface area (TPSA) is 38.7 Å². The van der Waals surface area contributed by atoms with Gasteiger partial charge < -0.3 is 0 Å². The number of rotatable bonds is 4. The van der Waals surface area contributed by atoms with E-state index in [0.717, 1.165) is 28.3 Å². The van der Waals surface area contributed by atoms with Crippen LogP contribution in [-0.4, -0.2) is 28.2 Å². The van der Waals surface area contributed by atoms with Crippen molar-refractivity contribution < 1.29 is 0 Å². The maximum atomic E-state index is 4.79. The monoisotopic (exact) mass is 441 g/mol. The quantitative estimate of drug-likeness (QED) is 0.381. The van der Waals surface area contributed by atoms with E-state index in [9.17, 15) is 0 Å². The second-order valence-corrected chi connectivity index (χ2v) is 19.0. The molecular formula is C25H25GeN3. The number of aromatic nitrogens is 3. The van der Waals surface area contributed by atoms with Crippen LogP contribution < -0.4 is 4.40 Å². The summed E-state index contributed by atoms with van der Waals surface area (Å²) < 4.78 is 1.48. The van der Waals surface area contributed by atoms with Crippen LogP contribution in [0, 0.1) is 6.92 Å². The molecule has 0 N–H and O–H groups in total. The molecule has 144 valence electrons. The van der Waals surface area contributed by atoms with Crippen LogP contribution in [0.2, 0.25) is 17.3 Å². The molecule has 4 heteroatoms. The molecule has 29 heavy (non-hydrogen) atoms. The van der Waals surface area contributed by atoms with Crippen LogP contribution in [0.25, 0.3) is 33.9 Å². The fourth-order valence-electron chi connectivity index (χ4n) is 3.33. The Morgan fingerprint density at radius 3 is 1.79 bits per heavy atom. The van der Waals surface area contributed by atoms with Gasteiger partial charge in [-0.1, -0.05) is 18.2 Å². The number of aryl methyl sites for hydroxylation is 1. The average Bonchev–Trinajstić information content (AvgIpc) is 2.73. The Balaban J connectivity index is 1.73. The first-order valence-corrected chi connectivity index (χ1v) is 17.2. The molecule has 1 heterocycles. The van der Waals surface area contributed by atoms with Gasteiger partial charge in [-0.3, -0.25) is 0 Å². The Hall–Kier alpha value is -2.79. The third-order valence-corrected chi connectivity index (χ3v) is 9.32. The van der Waals surface area contributed by atoms with E-state index in [-0.39, 0.29) is 0 Å². The van der Waals surface area contributed by atoms with Gasteiger partial charge in [0.2, 0.25) is 0 Å². The van der Waals surface area contributed by atoms with Crippen molar-refractivity contribution in [3.05, 3.63) is 84.7 Å². The Bertz CT molecular complexity index is 1130. The van der Waals surface area contributed by atoms with Gasteiger partial charge in [0.25, 0.3) is 0 Å². The molecule has 3 nitrogen and oxygen atoms in total. The van der Waals surface area contributed by atoms with Crippen LogP contribution in [0.3, 0.4) is 0 Å². The molecule has 0 radical (unpaired) electrons. The first-order valence-electron chi connectivity index (χ1n) is 9.90. The van der Waals surface area contributed by atoms with E-state index in [1.165, 1.54) is 9.96 Å². The second kappa shape index (κ2) is 7.92. The third kappa shape index (κ3) is 4.46. The molecule has 0 bridgehead atoms. The van der Waals surface area contributed by atoms with Gasteiger partial charge in [0.1, 0.15) is 0 Å². The van der Waals surface area contributed by atoms with Gasteiger partial charge in [-0.05, 0) is 0 Å². The second-order valence-electron chi connectivity index (χ2n) is 8.30. The zero-order valence-corrected chi connectivity index (χ0v) is 19.4. The summed E-state index contributed by atoms with van der Waals surface area (Å²) in [7, 11) is 0. The number of nitrogens with zero attached hydrogens (tertiary/aromatic N) is 3. The summed E-state index contributed by atoms with van der Waals surface area (Å²) in [5.74, 6) is 9.38. The summed E-state index contributed by atoms with van der Waals surface area (Å²) in [6, 6.07) is 27.5. The number of hydrogen-bond donors (Lipinski definition) is 0. The molecule has 4 rings (SSSR count). The number of hydrogen-bond acceptors (Lipinski definition) is 3. The van der Waals surface area contributed by atoms with E-state index in [2.05, 4.69) is 100 Å². The molecule has 0 fully saturated rings. The van der Waals surface area contributed by atoms with Gasteiger partial charge in [-0.15, -0.1) is 0 Å². The van der Waals surface area contributed by atoms with E-state index in [4.69, 9.17) is 4.98 Å². The minimum atomic E-state index is -1.83. The molecule has 1 aromatic heterocycles. The van der Waals surface area contributed by atoms with E-state index in [1.807, 2.05) is 13.0 Å². The standard InChI is InChI=1S/C25H25GeN3/c1-18-27-24(20-13-15-23(16-14-20)26(2,3)4)29-25(28-18)22-12-8-11-21(17-22)19-9-6-5-7-10-19/h5-17H,1-4H3. The SMILES string of the molecule is Cc1nc(-c2cc[c]([Ge]([CH3])([CH3])[CH3])cc2)nc(-c2cccc(-c3ccccc3)c2)n1. The summed E-state index contributed by atoms with van der Waals surface area (Å²) in [5.41, 5.74) is 4.37. The predicted octanol–water partition coefficient (Wildman–Crippen LogP) is 5.73. The fourth-order valence-corrected chi connectivity index (χ4v) is 5.78. The predicted molar refractivity (Wildman–Crippen MR) is 124 cm³/mol. The number of benzene rings is 3. The van der Waals surface area contributed by atoms with Gasteiger partial charge in [-0.25, -0.2) is 0 Å². The summed E-state index contributed by atoms with van der Waals surface area (Å²) in [6.45, 7) is 1.93. The zero-order valence-electron chi connectivity index (χ0n) is 17.3. The van der Waals surface area contributed by atoms with Crippen molar-refractivity contribution in [3.63, 3.8) is 0 Å². The molecule has 0 spiro atoms.